The first-order valence-electron chi connectivity index (χ1n) is 3.52. The van der Waals surface area contributed by atoms with E-state index in [0.717, 1.165) is 25.9 Å². The van der Waals surface area contributed by atoms with E-state index < -0.39 is 0 Å². The number of hydrogen-bond donors (Lipinski definition) is 3. The fourth-order valence-electron chi connectivity index (χ4n) is 1.19. The lowest BCUT2D eigenvalue weighted by atomic mass is 9.99. The van der Waals surface area contributed by atoms with Crippen molar-refractivity contribution >= 4 is 5.84 Å². The van der Waals surface area contributed by atoms with Crippen LogP contribution in [0.5, 0.6) is 0 Å². The lowest BCUT2D eigenvalue weighted by Crippen LogP contribution is -2.37. The van der Waals surface area contributed by atoms with Gasteiger partial charge in [0.1, 0.15) is 5.84 Å². The SMILES string of the molecule is N/C(=N/O)[C@H]1CCCNC1. The van der Waals surface area contributed by atoms with Gasteiger partial charge in [-0.3, -0.25) is 0 Å². The Hall–Kier alpha value is -0.770. The highest BCUT2D eigenvalue weighted by Gasteiger charge is 2.16. The van der Waals surface area contributed by atoms with Crippen molar-refractivity contribution in [3.05, 3.63) is 0 Å². The molecule has 4 N–H and O–H groups in total. The monoisotopic (exact) mass is 143 g/mol. The summed E-state index contributed by atoms with van der Waals surface area (Å²) in [4.78, 5) is 0. The lowest BCUT2D eigenvalue weighted by molar-refractivity contribution is 0.310. The first-order valence-corrected chi connectivity index (χ1v) is 3.52. The van der Waals surface area contributed by atoms with Crippen molar-refractivity contribution in [2.45, 2.75) is 12.8 Å². The van der Waals surface area contributed by atoms with Gasteiger partial charge >= 0.3 is 0 Å². The number of nitrogens with one attached hydrogen (secondary N) is 1. The van der Waals surface area contributed by atoms with Gasteiger partial charge in [0.05, 0.1) is 0 Å². The topological polar surface area (TPSA) is 70.6 Å². The van der Waals surface area contributed by atoms with Crippen LogP contribution in [0.2, 0.25) is 0 Å². The molecular formula is C6H13N3O. The maximum atomic E-state index is 8.32. The van der Waals surface area contributed by atoms with Crippen LogP contribution in [0.4, 0.5) is 0 Å². The number of oxime groups is 1. The van der Waals surface area contributed by atoms with E-state index in [2.05, 4.69) is 10.5 Å². The maximum absolute atomic E-state index is 8.32. The second-order valence-electron chi connectivity index (χ2n) is 2.57. The van der Waals surface area contributed by atoms with E-state index in [-0.39, 0.29) is 5.92 Å². The third-order valence-electron chi connectivity index (χ3n) is 1.83. The first-order chi connectivity index (χ1) is 4.84. The minimum Gasteiger partial charge on any atom is -0.409 e. The zero-order chi connectivity index (χ0) is 7.40. The zero-order valence-electron chi connectivity index (χ0n) is 5.88. The van der Waals surface area contributed by atoms with Gasteiger partial charge < -0.3 is 16.3 Å². The van der Waals surface area contributed by atoms with E-state index in [1.54, 1.807) is 0 Å². The Kier molecular flexibility index (Phi) is 2.50. The largest absolute Gasteiger partial charge is 0.409 e. The highest BCUT2D eigenvalue weighted by Crippen LogP contribution is 2.08. The second-order valence-corrected chi connectivity index (χ2v) is 2.57. The number of nitrogens with two attached hydrogens (primary N) is 1. The fraction of sp³-hybridized carbons (Fsp3) is 0.833. The number of amidine groups is 1. The normalized spacial score (nSPS) is 28.4. The lowest BCUT2D eigenvalue weighted by Gasteiger charge is -2.20. The average Bonchev–Trinajstić information content (AvgIpc) is 2.05. The quantitative estimate of drug-likeness (QED) is 0.205. The molecule has 1 heterocycles. The van der Waals surface area contributed by atoms with Crippen molar-refractivity contribution in [1.29, 1.82) is 0 Å². The van der Waals surface area contributed by atoms with Gasteiger partial charge in [-0.25, -0.2) is 0 Å². The molecule has 0 aromatic carbocycles. The predicted octanol–water partition coefficient (Wildman–Crippen LogP) is -0.268. The summed E-state index contributed by atoms with van der Waals surface area (Å²) in [6.07, 6.45) is 2.14. The molecule has 0 spiro atoms. The zero-order valence-corrected chi connectivity index (χ0v) is 5.88. The molecule has 4 nitrogen and oxygen atoms in total. The number of hydrogen-bond acceptors (Lipinski definition) is 3. The van der Waals surface area contributed by atoms with Gasteiger partial charge in [0.2, 0.25) is 0 Å². The average molecular weight is 143 g/mol. The van der Waals surface area contributed by atoms with E-state index >= 15 is 0 Å². The molecule has 0 bridgehead atoms. The molecular weight excluding hydrogens is 130 g/mol. The number of nitrogens with zero attached hydrogens (tertiary/aromatic N) is 1. The molecule has 58 valence electrons. The Morgan fingerprint density at radius 3 is 3.00 bits per heavy atom. The molecule has 0 amide bonds. The summed E-state index contributed by atoms with van der Waals surface area (Å²) < 4.78 is 0. The molecule has 0 aliphatic carbocycles. The molecule has 10 heavy (non-hydrogen) atoms. The van der Waals surface area contributed by atoms with Crippen molar-refractivity contribution in [1.82, 2.24) is 5.32 Å². The summed E-state index contributed by atoms with van der Waals surface area (Å²) in [5.74, 6) is 0.589. The Labute approximate surface area is 60.1 Å². The van der Waals surface area contributed by atoms with E-state index in [0.29, 0.717) is 5.84 Å². The minimum atomic E-state index is 0.235. The molecule has 1 atom stereocenters. The minimum absolute atomic E-state index is 0.235. The van der Waals surface area contributed by atoms with Gasteiger partial charge in [-0.2, -0.15) is 0 Å². The molecule has 1 aliphatic heterocycles. The van der Waals surface area contributed by atoms with E-state index in [9.17, 15) is 0 Å². The molecule has 1 fully saturated rings. The first kappa shape index (κ1) is 7.34. The highest BCUT2D eigenvalue weighted by atomic mass is 16.4. The van der Waals surface area contributed by atoms with Crippen LogP contribution >= 0.6 is 0 Å². The Morgan fingerprint density at radius 1 is 1.70 bits per heavy atom. The smallest absolute Gasteiger partial charge is 0.143 e. The van der Waals surface area contributed by atoms with Crippen molar-refractivity contribution in [3.8, 4) is 0 Å². The summed E-state index contributed by atoms with van der Waals surface area (Å²) in [6, 6.07) is 0. The molecule has 0 aromatic rings. The van der Waals surface area contributed by atoms with Crippen molar-refractivity contribution in [2.24, 2.45) is 16.8 Å². The molecule has 1 rings (SSSR count). The second kappa shape index (κ2) is 3.41. The molecule has 1 aliphatic rings. The van der Waals surface area contributed by atoms with Crippen LogP contribution < -0.4 is 11.1 Å². The molecule has 1 saturated heterocycles. The van der Waals surface area contributed by atoms with E-state index in [4.69, 9.17) is 10.9 Å². The van der Waals surface area contributed by atoms with E-state index in [1.165, 1.54) is 0 Å². The summed E-state index contributed by atoms with van der Waals surface area (Å²) in [5, 5.41) is 14.5. The number of rotatable bonds is 1. The molecule has 0 aromatic heterocycles. The fourth-order valence-corrected chi connectivity index (χ4v) is 1.19. The summed E-state index contributed by atoms with van der Waals surface area (Å²) >= 11 is 0. The highest BCUT2D eigenvalue weighted by molar-refractivity contribution is 5.82. The predicted molar refractivity (Wildman–Crippen MR) is 39.0 cm³/mol. The van der Waals surface area contributed by atoms with Crippen LogP contribution in [0.15, 0.2) is 5.16 Å². The Morgan fingerprint density at radius 2 is 2.50 bits per heavy atom. The van der Waals surface area contributed by atoms with E-state index in [1.807, 2.05) is 0 Å². The van der Waals surface area contributed by atoms with Crippen molar-refractivity contribution in [3.63, 3.8) is 0 Å². The van der Waals surface area contributed by atoms with Crippen molar-refractivity contribution in [2.75, 3.05) is 13.1 Å². The van der Waals surface area contributed by atoms with Crippen molar-refractivity contribution < 1.29 is 5.21 Å². The van der Waals surface area contributed by atoms with Crippen LogP contribution in [-0.4, -0.2) is 24.1 Å². The van der Waals surface area contributed by atoms with Gasteiger partial charge in [0.25, 0.3) is 0 Å². The number of piperidine rings is 1. The standard InChI is InChI=1S/C6H13N3O/c7-6(9-10)5-2-1-3-8-4-5/h5,8,10H,1-4H2,(H2,7,9)/t5-/m0/s1. The van der Waals surface area contributed by atoms with Gasteiger partial charge in [-0.1, -0.05) is 5.16 Å². The van der Waals surface area contributed by atoms with Crippen LogP contribution in [0.25, 0.3) is 0 Å². The molecule has 4 heteroatoms. The van der Waals surface area contributed by atoms with Crippen LogP contribution in [0.3, 0.4) is 0 Å². The third-order valence-corrected chi connectivity index (χ3v) is 1.83. The van der Waals surface area contributed by atoms with Crippen LogP contribution in [0, 0.1) is 5.92 Å². The van der Waals surface area contributed by atoms with Crippen LogP contribution in [-0.2, 0) is 0 Å². The van der Waals surface area contributed by atoms with Gasteiger partial charge in [0, 0.05) is 12.5 Å². The molecule has 0 unspecified atom stereocenters. The molecule has 0 saturated carbocycles. The summed E-state index contributed by atoms with van der Waals surface area (Å²) in [6.45, 7) is 1.89. The van der Waals surface area contributed by atoms with Gasteiger partial charge in [0.15, 0.2) is 0 Å². The Balaban J connectivity index is 2.39. The van der Waals surface area contributed by atoms with Gasteiger partial charge in [-0.15, -0.1) is 0 Å². The maximum Gasteiger partial charge on any atom is 0.143 e. The summed E-state index contributed by atoms with van der Waals surface area (Å²) in [7, 11) is 0. The third kappa shape index (κ3) is 1.60. The van der Waals surface area contributed by atoms with Crippen LogP contribution in [0.1, 0.15) is 12.8 Å². The van der Waals surface area contributed by atoms with Gasteiger partial charge in [-0.05, 0) is 19.4 Å². The summed E-state index contributed by atoms with van der Waals surface area (Å²) in [5.41, 5.74) is 5.41. The molecule has 0 radical (unpaired) electrons. The Bertz CT molecular complexity index is 129.